The first-order valence-corrected chi connectivity index (χ1v) is 6.73. The van der Waals surface area contributed by atoms with Crippen molar-refractivity contribution in [2.75, 3.05) is 5.32 Å². The van der Waals surface area contributed by atoms with Crippen molar-refractivity contribution in [1.82, 2.24) is 0 Å². The van der Waals surface area contributed by atoms with E-state index < -0.39 is 0 Å². The van der Waals surface area contributed by atoms with Crippen LogP contribution in [0.3, 0.4) is 0 Å². The van der Waals surface area contributed by atoms with Gasteiger partial charge < -0.3 is 5.32 Å². The Kier molecular flexibility index (Phi) is 6.35. The number of hydrogen-bond acceptors (Lipinski definition) is 1. The van der Waals surface area contributed by atoms with Crippen molar-refractivity contribution in [2.45, 2.75) is 52.0 Å². The van der Waals surface area contributed by atoms with Crippen LogP contribution in [0, 0.1) is 5.82 Å². The van der Waals surface area contributed by atoms with E-state index in [9.17, 15) is 4.39 Å². The minimum Gasteiger partial charge on any atom is -0.380 e. The summed E-state index contributed by atoms with van der Waals surface area (Å²) in [5, 5.41) is 3.34. The van der Waals surface area contributed by atoms with Gasteiger partial charge in [0.05, 0.1) is 10.7 Å². The lowest BCUT2D eigenvalue weighted by atomic mass is 10.1. The Morgan fingerprint density at radius 1 is 1.29 bits per heavy atom. The second-order valence-electron chi connectivity index (χ2n) is 4.50. The van der Waals surface area contributed by atoms with Gasteiger partial charge in [0.1, 0.15) is 0 Å². The third-order valence-electron chi connectivity index (χ3n) is 2.84. The molecule has 0 aromatic heterocycles. The van der Waals surface area contributed by atoms with Crippen LogP contribution in [0.2, 0.25) is 5.02 Å². The first-order chi connectivity index (χ1) is 8.15. The molecule has 17 heavy (non-hydrogen) atoms. The molecular formula is C14H21ClFN. The van der Waals surface area contributed by atoms with Gasteiger partial charge in [-0.2, -0.15) is 0 Å². The largest absolute Gasteiger partial charge is 0.380 e. The SMILES string of the molecule is CCCCCCC(C)Nc1cccc(Cl)c1F. The Bertz CT molecular complexity index is 341. The van der Waals surface area contributed by atoms with Crippen LogP contribution in [0.25, 0.3) is 0 Å². The maximum Gasteiger partial charge on any atom is 0.164 e. The minimum atomic E-state index is -0.352. The minimum absolute atomic E-state index is 0.174. The molecule has 1 nitrogen and oxygen atoms in total. The van der Waals surface area contributed by atoms with E-state index in [4.69, 9.17) is 11.6 Å². The zero-order valence-electron chi connectivity index (χ0n) is 10.6. The van der Waals surface area contributed by atoms with Crippen LogP contribution in [0.1, 0.15) is 46.0 Å². The van der Waals surface area contributed by atoms with Gasteiger partial charge in [-0.05, 0) is 25.5 Å². The first-order valence-electron chi connectivity index (χ1n) is 6.35. The molecule has 0 bridgehead atoms. The average Bonchev–Trinajstić information content (AvgIpc) is 2.31. The summed E-state index contributed by atoms with van der Waals surface area (Å²) in [5.41, 5.74) is 0.500. The van der Waals surface area contributed by atoms with Gasteiger partial charge in [-0.15, -0.1) is 0 Å². The van der Waals surface area contributed by atoms with E-state index in [0.29, 0.717) is 5.69 Å². The molecule has 0 fully saturated rings. The van der Waals surface area contributed by atoms with Crippen LogP contribution < -0.4 is 5.32 Å². The highest BCUT2D eigenvalue weighted by atomic mass is 35.5. The summed E-state index contributed by atoms with van der Waals surface area (Å²) in [6, 6.07) is 5.33. The second-order valence-corrected chi connectivity index (χ2v) is 4.90. The maximum absolute atomic E-state index is 13.6. The molecule has 0 spiro atoms. The fourth-order valence-electron chi connectivity index (χ4n) is 1.83. The monoisotopic (exact) mass is 257 g/mol. The van der Waals surface area contributed by atoms with E-state index in [2.05, 4.69) is 19.2 Å². The Hall–Kier alpha value is -0.760. The number of rotatable bonds is 7. The van der Waals surface area contributed by atoms with Gasteiger partial charge in [0, 0.05) is 6.04 Å². The molecule has 1 N–H and O–H groups in total. The predicted molar refractivity (Wildman–Crippen MR) is 73.3 cm³/mol. The molecule has 0 aliphatic rings. The molecule has 0 amide bonds. The quantitative estimate of drug-likeness (QED) is 0.658. The van der Waals surface area contributed by atoms with Crippen molar-refractivity contribution in [3.05, 3.63) is 29.0 Å². The zero-order chi connectivity index (χ0) is 12.7. The molecule has 1 unspecified atom stereocenters. The lowest BCUT2D eigenvalue weighted by Gasteiger charge is -2.16. The summed E-state index contributed by atoms with van der Waals surface area (Å²) in [7, 11) is 0. The number of unbranched alkanes of at least 4 members (excludes halogenated alkanes) is 3. The van der Waals surface area contributed by atoms with E-state index in [0.717, 1.165) is 6.42 Å². The number of nitrogens with one attached hydrogen (secondary N) is 1. The average molecular weight is 258 g/mol. The molecule has 1 aromatic rings. The highest BCUT2D eigenvalue weighted by Gasteiger charge is 2.08. The summed E-state index contributed by atoms with van der Waals surface area (Å²) in [4.78, 5) is 0. The number of halogens is 2. The molecule has 96 valence electrons. The van der Waals surface area contributed by atoms with Gasteiger partial charge >= 0.3 is 0 Å². The molecule has 3 heteroatoms. The fraction of sp³-hybridized carbons (Fsp3) is 0.571. The molecule has 0 radical (unpaired) electrons. The second kappa shape index (κ2) is 7.54. The van der Waals surface area contributed by atoms with Crippen LogP contribution in [-0.2, 0) is 0 Å². The Morgan fingerprint density at radius 3 is 2.76 bits per heavy atom. The molecule has 0 aliphatic carbocycles. The third-order valence-corrected chi connectivity index (χ3v) is 3.14. The third kappa shape index (κ3) is 4.95. The lowest BCUT2D eigenvalue weighted by molar-refractivity contribution is 0.586. The summed E-state index contributed by atoms with van der Waals surface area (Å²) in [6.45, 7) is 4.27. The molecular weight excluding hydrogens is 237 g/mol. The number of benzene rings is 1. The van der Waals surface area contributed by atoms with E-state index >= 15 is 0 Å². The van der Waals surface area contributed by atoms with Gasteiger partial charge in [0.15, 0.2) is 5.82 Å². The molecule has 0 saturated heterocycles. The topological polar surface area (TPSA) is 12.0 Å². The normalized spacial score (nSPS) is 12.5. The predicted octanol–water partition coefficient (Wildman–Crippen LogP) is 5.25. The molecule has 0 saturated carbocycles. The van der Waals surface area contributed by atoms with Crippen LogP contribution in [0.15, 0.2) is 18.2 Å². The van der Waals surface area contributed by atoms with Gasteiger partial charge in [0.2, 0.25) is 0 Å². The Balaban J connectivity index is 2.39. The first kappa shape index (κ1) is 14.3. The lowest BCUT2D eigenvalue weighted by Crippen LogP contribution is -2.15. The van der Waals surface area contributed by atoms with Crippen molar-refractivity contribution in [3.63, 3.8) is 0 Å². The van der Waals surface area contributed by atoms with Gasteiger partial charge in [-0.3, -0.25) is 0 Å². The molecule has 1 rings (SSSR count). The Labute approximate surface area is 108 Å². The Morgan fingerprint density at radius 2 is 2.06 bits per heavy atom. The molecule has 0 aliphatic heterocycles. The summed E-state index contributed by atoms with van der Waals surface area (Å²) in [6.07, 6.45) is 6.01. The van der Waals surface area contributed by atoms with Crippen molar-refractivity contribution in [3.8, 4) is 0 Å². The molecule has 0 heterocycles. The van der Waals surface area contributed by atoms with E-state index in [1.165, 1.54) is 25.7 Å². The van der Waals surface area contributed by atoms with E-state index in [1.807, 2.05) is 0 Å². The summed E-state index contributed by atoms with van der Waals surface area (Å²) in [5.74, 6) is -0.352. The van der Waals surface area contributed by atoms with Gasteiger partial charge in [-0.1, -0.05) is 50.3 Å². The number of anilines is 1. The fourth-order valence-corrected chi connectivity index (χ4v) is 2.00. The highest BCUT2D eigenvalue weighted by Crippen LogP contribution is 2.23. The van der Waals surface area contributed by atoms with Gasteiger partial charge in [0.25, 0.3) is 0 Å². The van der Waals surface area contributed by atoms with Crippen molar-refractivity contribution in [2.24, 2.45) is 0 Å². The standard InChI is InChI=1S/C14H21ClFN/c1-3-4-5-6-8-11(2)17-13-10-7-9-12(15)14(13)16/h7,9-11,17H,3-6,8H2,1-2H3. The van der Waals surface area contributed by atoms with E-state index in [-0.39, 0.29) is 16.9 Å². The number of hydrogen-bond donors (Lipinski definition) is 1. The molecule has 1 atom stereocenters. The molecule has 1 aromatic carbocycles. The van der Waals surface area contributed by atoms with Crippen molar-refractivity contribution >= 4 is 17.3 Å². The van der Waals surface area contributed by atoms with Gasteiger partial charge in [-0.25, -0.2) is 4.39 Å². The zero-order valence-corrected chi connectivity index (χ0v) is 11.4. The van der Waals surface area contributed by atoms with Crippen LogP contribution in [0.4, 0.5) is 10.1 Å². The summed E-state index contributed by atoms with van der Waals surface area (Å²) < 4.78 is 13.6. The summed E-state index contributed by atoms with van der Waals surface area (Å²) >= 11 is 5.73. The van der Waals surface area contributed by atoms with Crippen LogP contribution in [-0.4, -0.2) is 6.04 Å². The van der Waals surface area contributed by atoms with E-state index in [1.54, 1.807) is 18.2 Å². The van der Waals surface area contributed by atoms with Crippen LogP contribution in [0.5, 0.6) is 0 Å². The van der Waals surface area contributed by atoms with Crippen molar-refractivity contribution < 1.29 is 4.39 Å². The smallest absolute Gasteiger partial charge is 0.164 e. The van der Waals surface area contributed by atoms with Crippen LogP contribution >= 0.6 is 11.6 Å². The maximum atomic E-state index is 13.6. The van der Waals surface area contributed by atoms with Crippen molar-refractivity contribution in [1.29, 1.82) is 0 Å². The highest BCUT2D eigenvalue weighted by molar-refractivity contribution is 6.31.